The molecule has 0 radical (unpaired) electrons. The second-order valence-electron chi connectivity index (χ2n) is 7.51. The zero-order valence-corrected chi connectivity index (χ0v) is 18.3. The molecule has 1 N–H and O–H groups in total. The Balaban J connectivity index is 1.73. The van der Waals surface area contributed by atoms with E-state index in [2.05, 4.69) is 0 Å². The lowest BCUT2D eigenvalue weighted by atomic mass is 9.95. The molecule has 1 amide bonds. The number of ketones is 1. The van der Waals surface area contributed by atoms with Gasteiger partial charge in [0.25, 0.3) is 11.7 Å². The zero-order chi connectivity index (χ0) is 22.7. The van der Waals surface area contributed by atoms with Crippen molar-refractivity contribution in [1.82, 2.24) is 4.90 Å². The van der Waals surface area contributed by atoms with Gasteiger partial charge in [0.05, 0.1) is 18.7 Å². The Morgan fingerprint density at radius 3 is 2.38 bits per heavy atom. The third-order valence-electron chi connectivity index (χ3n) is 5.55. The van der Waals surface area contributed by atoms with Crippen LogP contribution in [-0.2, 0) is 16.0 Å². The summed E-state index contributed by atoms with van der Waals surface area (Å²) in [6, 6.07) is 22.7. The molecule has 0 spiro atoms. The fourth-order valence-electron chi connectivity index (χ4n) is 3.93. The van der Waals surface area contributed by atoms with Gasteiger partial charge in [-0.2, -0.15) is 0 Å². The van der Waals surface area contributed by atoms with E-state index in [0.717, 1.165) is 16.9 Å². The molecule has 1 fully saturated rings. The average molecular weight is 448 g/mol. The van der Waals surface area contributed by atoms with E-state index in [1.807, 2.05) is 54.6 Å². The Labute approximate surface area is 191 Å². The van der Waals surface area contributed by atoms with Crippen LogP contribution in [0.2, 0.25) is 5.02 Å². The molecule has 6 heteroatoms. The summed E-state index contributed by atoms with van der Waals surface area (Å²) >= 11 is 6.08. The summed E-state index contributed by atoms with van der Waals surface area (Å²) < 4.78 is 5.19. The summed E-state index contributed by atoms with van der Waals surface area (Å²) in [6.07, 6.45) is 0.553. The van der Waals surface area contributed by atoms with Crippen LogP contribution in [0.15, 0.2) is 84.4 Å². The summed E-state index contributed by atoms with van der Waals surface area (Å²) in [7, 11) is 1.61. The maximum absolute atomic E-state index is 13.0. The van der Waals surface area contributed by atoms with Crippen molar-refractivity contribution in [2.75, 3.05) is 13.7 Å². The highest BCUT2D eigenvalue weighted by Crippen LogP contribution is 2.39. The van der Waals surface area contributed by atoms with Gasteiger partial charge in [-0.05, 0) is 41.8 Å². The van der Waals surface area contributed by atoms with Gasteiger partial charge in [0.1, 0.15) is 11.5 Å². The van der Waals surface area contributed by atoms with Gasteiger partial charge in [0.15, 0.2) is 0 Å². The number of Topliss-reactive ketones (excluding diaryl/α,β-unsaturated/α-hetero) is 1. The molecule has 0 saturated carbocycles. The Morgan fingerprint density at radius 2 is 1.72 bits per heavy atom. The Morgan fingerprint density at radius 1 is 1.00 bits per heavy atom. The number of benzene rings is 3. The first-order valence-corrected chi connectivity index (χ1v) is 10.6. The van der Waals surface area contributed by atoms with Crippen molar-refractivity contribution in [1.29, 1.82) is 0 Å². The van der Waals surface area contributed by atoms with Gasteiger partial charge in [-0.1, -0.05) is 66.2 Å². The monoisotopic (exact) mass is 447 g/mol. The normalized spacial score (nSPS) is 17.6. The van der Waals surface area contributed by atoms with Crippen molar-refractivity contribution in [2.45, 2.75) is 12.5 Å². The number of amides is 1. The average Bonchev–Trinajstić information content (AvgIpc) is 3.08. The molecule has 1 saturated heterocycles. The van der Waals surface area contributed by atoms with Crippen molar-refractivity contribution in [2.24, 2.45) is 0 Å². The number of aliphatic hydroxyl groups is 1. The maximum atomic E-state index is 13.0. The summed E-state index contributed by atoms with van der Waals surface area (Å²) in [5.74, 6) is -0.811. The maximum Gasteiger partial charge on any atom is 0.295 e. The third kappa shape index (κ3) is 4.25. The van der Waals surface area contributed by atoms with Crippen LogP contribution in [0.4, 0.5) is 0 Å². The van der Waals surface area contributed by atoms with Crippen LogP contribution in [0.3, 0.4) is 0 Å². The van der Waals surface area contributed by atoms with Crippen LogP contribution in [0.5, 0.6) is 5.75 Å². The lowest BCUT2D eigenvalue weighted by molar-refractivity contribution is -0.139. The lowest BCUT2D eigenvalue weighted by Gasteiger charge is -2.25. The summed E-state index contributed by atoms with van der Waals surface area (Å²) in [4.78, 5) is 27.6. The Bertz CT molecular complexity index is 1170. The number of rotatable bonds is 6. The Hall–Kier alpha value is -3.57. The highest BCUT2D eigenvalue weighted by Gasteiger charge is 2.45. The van der Waals surface area contributed by atoms with Crippen LogP contribution in [0, 0.1) is 0 Å². The van der Waals surface area contributed by atoms with Crippen LogP contribution in [-0.4, -0.2) is 35.4 Å². The number of aliphatic hydroxyl groups excluding tert-OH is 1. The molecule has 1 atom stereocenters. The first-order valence-electron chi connectivity index (χ1n) is 10.2. The molecule has 0 aromatic heterocycles. The number of hydrogen-bond donors (Lipinski definition) is 1. The quantitative estimate of drug-likeness (QED) is 0.327. The molecule has 32 heavy (non-hydrogen) atoms. The third-order valence-corrected chi connectivity index (χ3v) is 5.79. The van der Waals surface area contributed by atoms with E-state index >= 15 is 0 Å². The number of methoxy groups -OCH3 is 1. The molecule has 0 bridgehead atoms. The van der Waals surface area contributed by atoms with Gasteiger partial charge in [0.2, 0.25) is 0 Å². The fraction of sp³-hybridized carbons (Fsp3) is 0.154. The predicted molar refractivity (Wildman–Crippen MR) is 124 cm³/mol. The topological polar surface area (TPSA) is 66.8 Å². The van der Waals surface area contributed by atoms with Crippen molar-refractivity contribution >= 4 is 29.1 Å². The van der Waals surface area contributed by atoms with E-state index in [0.29, 0.717) is 23.6 Å². The molecule has 1 aliphatic rings. The standard InChI is InChI=1S/C26H22ClNO4/c1-32-21-12-10-17(11-13-21)14-15-28-23(18-6-3-2-4-7-18)22(25(30)26(28)31)24(29)19-8-5-9-20(27)16-19/h2-13,16,23,29H,14-15H2,1H3/b24-22-. The number of halogens is 1. The van der Waals surface area contributed by atoms with Gasteiger partial charge in [-0.3, -0.25) is 9.59 Å². The molecule has 162 valence electrons. The van der Waals surface area contributed by atoms with Crippen molar-refractivity contribution in [3.63, 3.8) is 0 Å². The van der Waals surface area contributed by atoms with E-state index in [9.17, 15) is 14.7 Å². The number of carbonyl (C=O) groups is 2. The van der Waals surface area contributed by atoms with Crippen LogP contribution >= 0.6 is 11.6 Å². The molecular weight excluding hydrogens is 426 g/mol. The highest BCUT2D eigenvalue weighted by molar-refractivity contribution is 6.46. The molecule has 1 unspecified atom stereocenters. The largest absolute Gasteiger partial charge is 0.507 e. The molecule has 3 aromatic rings. The zero-order valence-electron chi connectivity index (χ0n) is 17.5. The smallest absolute Gasteiger partial charge is 0.295 e. The molecule has 4 rings (SSSR count). The van der Waals surface area contributed by atoms with E-state index in [-0.39, 0.29) is 11.3 Å². The predicted octanol–water partition coefficient (Wildman–Crippen LogP) is 5.01. The van der Waals surface area contributed by atoms with Crippen LogP contribution in [0.25, 0.3) is 5.76 Å². The number of likely N-dealkylation sites (tertiary alicyclic amines) is 1. The fourth-order valence-corrected chi connectivity index (χ4v) is 4.12. The van der Waals surface area contributed by atoms with Crippen molar-refractivity contribution in [3.05, 3.63) is 106 Å². The summed E-state index contributed by atoms with van der Waals surface area (Å²) in [6.45, 7) is 0.322. The molecule has 0 aliphatic carbocycles. The van der Waals surface area contributed by atoms with Crippen molar-refractivity contribution in [3.8, 4) is 5.75 Å². The van der Waals surface area contributed by atoms with E-state index in [1.165, 1.54) is 4.90 Å². The van der Waals surface area contributed by atoms with Crippen LogP contribution < -0.4 is 4.74 Å². The Kier molecular flexibility index (Phi) is 6.28. The second-order valence-corrected chi connectivity index (χ2v) is 7.95. The van der Waals surface area contributed by atoms with Gasteiger partial charge < -0.3 is 14.7 Å². The number of carbonyl (C=O) groups excluding carboxylic acids is 2. The van der Waals surface area contributed by atoms with Crippen LogP contribution in [0.1, 0.15) is 22.7 Å². The minimum absolute atomic E-state index is 0.0678. The molecule has 3 aromatic carbocycles. The first-order chi connectivity index (χ1) is 15.5. The first kappa shape index (κ1) is 21.7. The highest BCUT2D eigenvalue weighted by atomic mass is 35.5. The van der Waals surface area contributed by atoms with E-state index in [4.69, 9.17) is 16.3 Å². The minimum atomic E-state index is -0.703. The van der Waals surface area contributed by atoms with E-state index in [1.54, 1.807) is 31.4 Å². The van der Waals surface area contributed by atoms with Gasteiger partial charge in [-0.25, -0.2) is 0 Å². The molecule has 1 aliphatic heterocycles. The molecule has 5 nitrogen and oxygen atoms in total. The van der Waals surface area contributed by atoms with Gasteiger partial charge in [-0.15, -0.1) is 0 Å². The van der Waals surface area contributed by atoms with Gasteiger partial charge in [0, 0.05) is 17.1 Å². The number of nitrogens with zero attached hydrogens (tertiary/aromatic N) is 1. The van der Waals surface area contributed by atoms with Crippen molar-refractivity contribution < 1.29 is 19.4 Å². The minimum Gasteiger partial charge on any atom is -0.507 e. The lowest BCUT2D eigenvalue weighted by Crippen LogP contribution is -2.31. The molecule has 1 heterocycles. The summed E-state index contributed by atoms with van der Waals surface area (Å²) in [5, 5.41) is 11.5. The molecular formula is C26H22ClNO4. The second kappa shape index (κ2) is 9.28. The summed E-state index contributed by atoms with van der Waals surface area (Å²) in [5.41, 5.74) is 2.23. The SMILES string of the molecule is COc1ccc(CCN2C(=O)C(=O)/C(=C(\O)c3cccc(Cl)c3)C2c2ccccc2)cc1. The number of ether oxygens (including phenoxy) is 1. The van der Waals surface area contributed by atoms with E-state index < -0.39 is 17.7 Å². The number of hydrogen-bond acceptors (Lipinski definition) is 4. The van der Waals surface area contributed by atoms with Gasteiger partial charge >= 0.3 is 0 Å².